The predicted octanol–water partition coefficient (Wildman–Crippen LogP) is 1.67. The van der Waals surface area contributed by atoms with E-state index in [2.05, 4.69) is 39.5 Å². The van der Waals surface area contributed by atoms with Gasteiger partial charge < -0.3 is 15.6 Å². The number of nitrogens with two attached hydrogens (primary N) is 1. The molecule has 0 aromatic carbocycles. The number of rotatable bonds is 7. The second kappa shape index (κ2) is 7.54. The van der Waals surface area contributed by atoms with Gasteiger partial charge >= 0.3 is 0 Å². The zero-order valence-corrected chi connectivity index (χ0v) is 14.2. The summed E-state index contributed by atoms with van der Waals surface area (Å²) in [6, 6.07) is -0.332. The summed E-state index contributed by atoms with van der Waals surface area (Å²) in [5.41, 5.74) is 5.48. The van der Waals surface area contributed by atoms with Crippen LogP contribution in [0.4, 0.5) is 5.13 Å². The summed E-state index contributed by atoms with van der Waals surface area (Å²) in [4.78, 5) is 16.2. The average molecular weight is 342 g/mol. The van der Waals surface area contributed by atoms with Crippen molar-refractivity contribution in [1.29, 1.82) is 0 Å². The smallest absolute Gasteiger partial charge is 0.248 e. The van der Waals surface area contributed by atoms with Crippen LogP contribution in [0.15, 0.2) is 8.86 Å². The third-order valence-corrected chi connectivity index (χ3v) is 4.46. The molecule has 0 aliphatic carbocycles. The summed E-state index contributed by atoms with van der Waals surface area (Å²) < 4.78 is 5.84. The van der Waals surface area contributed by atoms with Gasteiger partial charge in [-0.3, -0.25) is 4.79 Å². The fraction of sp³-hybridized carbons (Fsp3) is 0.583. The Bertz CT molecular complexity index is 627. The molecule has 0 saturated heterocycles. The predicted molar refractivity (Wildman–Crippen MR) is 84.4 cm³/mol. The lowest BCUT2D eigenvalue weighted by molar-refractivity contribution is -0.119. The van der Waals surface area contributed by atoms with Gasteiger partial charge in [0.25, 0.3) is 0 Å². The second-order valence-corrected chi connectivity index (χ2v) is 7.36. The zero-order chi connectivity index (χ0) is 16.1. The molecular formula is C12H18N6O2S2. The van der Waals surface area contributed by atoms with Crippen LogP contribution >= 0.6 is 23.1 Å². The van der Waals surface area contributed by atoms with Crippen molar-refractivity contribution in [2.24, 2.45) is 5.92 Å². The fourth-order valence-electron chi connectivity index (χ4n) is 1.64. The van der Waals surface area contributed by atoms with Crippen LogP contribution in [0.25, 0.3) is 0 Å². The van der Waals surface area contributed by atoms with Gasteiger partial charge in [0.15, 0.2) is 10.2 Å². The molecule has 0 spiro atoms. The molecule has 2 rings (SSSR count). The van der Waals surface area contributed by atoms with Crippen LogP contribution in [0.3, 0.4) is 0 Å². The van der Waals surface area contributed by atoms with E-state index in [0.717, 1.165) is 6.42 Å². The lowest BCUT2D eigenvalue weighted by atomic mass is 10.1. The topological polar surface area (TPSA) is 120 Å². The molecule has 1 unspecified atom stereocenters. The number of nitrogens with one attached hydrogen (secondary N) is 1. The molecule has 0 radical (unpaired) electrons. The van der Waals surface area contributed by atoms with Crippen molar-refractivity contribution < 1.29 is 9.32 Å². The van der Waals surface area contributed by atoms with Crippen LogP contribution in [0.1, 0.15) is 38.5 Å². The Morgan fingerprint density at radius 3 is 2.82 bits per heavy atom. The quantitative estimate of drug-likeness (QED) is 0.729. The van der Waals surface area contributed by atoms with E-state index in [0.29, 0.717) is 27.1 Å². The molecule has 1 atom stereocenters. The lowest BCUT2D eigenvalue weighted by Crippen LogP contribution is -2.28. The van der Waals surface area contributed by atoms with Crippen molar-refractivity contribution in [2.75, 3.05) is 11.5 Å². The Balaban J connectivity index is 1.81. The number of carbonyl (C=O) groups excluding carboxylic acids is 1. The molecule has 10 heteroatoms. The molecule has 3 N–H and O–H groups in total. The number of carbonyl (C=O) groups is 1. The number of hydrogen-bond acceptors (Lipinski definition) is 9. The molecule has 1 amide bonds. The minimum absolute atomic E-state index is 0.144. The summed E-state index contributed by atoms with van der Waals surface area (Å²) in [5.74, 6) is 1.60. The maximum atomic E-state index is 11.9. The molecule has 22 heavy (non-hydrogen) atoms. The summed E-state index contributed by atoms with van der Waals surface area (Å²) >= 11 is 2.54. The third-order valence-electron chi connectivity index (χ3n) is 2.57. The van der Waals surface area contributed by atoms with Crippen molar-refractivity contribution in [3.05, 3.63) is 11.7 Å². The summed E-state index contributed by atoms with van der Waals surface area (Å²) in [7, 11) is 0. The molecule has 8 nitrogen and oxygen atoms in total. The zero-order valence-electron chi connectivity index (χ0n) is 12.6. The van der Waals surface area contributed by atoms with Crippen LogP contribution in [-0.2, 0) is 11.2 Å². The first kappa shape index (κ1) is 16.7. The van der Waals surface area contributed by atoms with E-state index < -0.39 is 0 Å². The van der Waals surface area contributed by atoms with Gasteiger partial charge in [0.1, 0.15) is 6.04 Å². The highest BCUT2D eigenvalue weighted by atomic mass is 32.2. The largest absolute Gasteiger partial charge is 0.374 e. The number of hydrogen-bond donors (Lipinski definition) is 2. The van der Waals surface area contributed by atoms with E-state index >= 15 is 0 Å². The van der Waals surface area contributed by atoms with Crippen molar-refractivity contribution in [1.82, 2.24) is 25.7 Å². The number of aromatic nitrogens is 4. The average Bonchev–Trinajstić information content (AvgIpc) is 3.05. The molecule has 0 saturated carbocycles. The molecule has 0 aliphatic heterocycles. The normalized spacial score (nSPS) is 12.5. The number of nitrogens with zero attached hydrogens (tertiary/aromatic N) is 4. The van der Waals surface area contributed by atoms with Gasteiger partial charge in [0, 0.05) is 6.42 Å². The Morgan fingerprint density at radius 1 is 1.41 bits per heavy atom. The standard InChI is InChI=1S/C12H18N6O2S2/c1-6(2)4-8-15-10(20-18-8)7(3)14-9(19)5-21-12-17-16-11(13)22-12/h6-7H,4-5H2,1-3H3,(H2,13,16)(H,14,19). The molecule has 0 aliphatic rings. The number of thioether (sulfide) groups is 1. The van der Waals surface area contributed by atoms with E-state index in [1.165, 1.54) is 23.1 Å². The summed E-state index contributed by atoms with van der Waals surface area (Å²) in [5, 5.41) is 14.6. The summed E-state index contributed by atoms with van der Waals surface area (Å²) in [6.45, 7) is 5.97. The maximum absolute atomic E-state index is 11.9. The number of nitrogen functional groups attached to an aromatic ring is 1. The highest BCUT2D eigenvalue weighted by Gasteiger charge is 2.17. The SMILES string of the molecule is CC(C)Cc1noc(C(C)NC(=O)CSc2nnc(N)s2)n1. The van der Waals surface area contributed by atoms with E-state index in [-0.39, 0.29) is 17.7 Å². The van der Waals surface area contributed by atoms with Gasteiger partial charge in [-0.05, 0) is 12.8 Å². The van der Waals surface area contributed by atoms with Crippen molar-refractivity contribution in [2.45, 2.75) is 37.6 Å². The molecule has 120 valence electrons. The van der Waals surface area contributed by atoms with Crippen LogP contribution in [0.2, 0.25) is 0 Å². The van der Waals surface area contributed by atoms with E-state index in [1.54, 1.807) is 6.92 Å². The highest BCUT2D eigenvalue weighted by molar-refractivity contribution is 8.01. The first-order valence-corrected chi connectivity index (χ1v) is 8.58. The van der Waals surface area contributed by atoms with Gasteiger partial charge in [-0.25, -0.2) is 0 Å². The minimum atomic E-state index is -0.332. The van der Waals surface area contributed by atoms with Crippen molar-refractivity contribution in [3.8, 4) is 0 Å². The van der Waals surface area contributed by atoms with Gasteiger partial charge in [-0.1, -0.05) is 42.1 Å². The molecule has 0 bridgehead atoms. The van der Waals surface area contributed by atoms with Gasteiger partial charge in [0.05, 0.1) is 5.75 Å². The van der Waals surface area contributed by atoms with E-state index in [1.807, 2.05) is 0 Å². The second-order valence-electron chi connectivity index (χ2n) is 5.13. The summed E-state index contributed by atoms with van der Waals surface area (Å²) in [6.07, 6.45) is 0.748. The molecule has 2 aromatic heterocycles. The van der Waals surface area contributed by atoms with Gasteiger partial charge in [-0.15, -0.1) is 10.2 Å². The molecule has 2 aromatic rings. The number of amides is 1. The van der Waals surface area contributed by atoms with Crippen LogP contribution in [0.5, 0.6) is 0 Å². The monoisotopic (exact) mass is 342 g/mol. The van der Waals surface area contributed by atoms with E-state index in [9.17, 15) is 4.79 Å². The Hall–Kier alpha value is -1.68. The highest BCUT2D eigenvalue weighted by Crippen LogP contribution is 2.23. The van der Waals surface area contributed by atoms with Crippen molar-refractivity contribution >= 4 is 34.1 Å². The van der Waals surface area contributed by atoms with Crippen LogP contribution < -0.4 is 11.1 Å². The molecular weight excluding hydrogens is 324 g/mol. The molecule has 0 fully saturated rings. The third kappa shape index (κ3) is 4.95. The lowest BCUT2D eigenvalue weighted by Gasteiger charge is -2.08. The molecule has 2 heterocycles. The van der Waals surface area contributed by atoms with Crippen molar-refractivity contribution in [3.63, 3.8) is 0 Å². The first-order valence-electron chi connectivity index (χ1n) is 6.77. The fourth-order valence-corrected chi connectivity index (χ4v) is 3.09. The van der Waals surface area contributed by atoms with Gasteiger partial charge in [0.2, 0.25) is 16.9 Å². The van der Waals surface area contributed by atoms with E-state index in [4.69, 9.17) is 10.3 Å². The maximum Gasteiger partial charge on any atom is 0.248 e. The minimum Gasteiger partial charge on any atom is -0.374 e. The Kier molecular flexibility index (Phi) is 5.72. The Labute approximate surface area is 136 Å². The first-order chi connectivity index (χ1) is 10.4. The number of anilines is 1. The van der Waals surface area contributed by atoms with Gasteiger partial charge in [-0.2, -0.15) is 4.98 Å². The Morgan fingerprint density at radius 2 is 2.18 bits per heavy atom. The van der Waals surface area contributed by atoms with Crippen LogP contribution in [-0.4, -0.2) is 32.0 Å². The van der Waals surface area contributed by atoms with Crippen LogP contribution in [0, 0.1) is 5.92 Å².